The summed E-state index contributed by atoms with van der Waals surface area (Å²) in [6.45, 7) is 2.40. The van der Waals surface area contributed by atoms with Crippen molar-refractivity contribution in [2.24, 2.45) is 0 Å². The van der Waals surface area contributed by atoms with Gasteiger partial charge in [0.2, 0.25) is 10.1 Å². The Labute approximate surface area is 160 Å². The maximum absolute atomic E-state index is 11.4. The summed E-state index contributed by atoms with van der Waals surface area (Å²) in [4.78, 5) is 20.7. The first-order valence-electron chi connectivity index (χ1n) is 8.75. The fraction of sp³-hybridized carbons (Fsp3) is 0.200. The fourth-order valence-electron chi connectivity index (χ4n) is 2.95. The van der Waals surface area contributed by atoms with Gasteiger partial charge in [-0.05, 0) is 42.7 Å². The molecule has 27 heavy (non-hydrogen) atoms. The molecule has 0 fully saturated rings. The summed E-state index contributed by atoms with van der Waals surface area (Å²) in [7, 11) is 0. The Bertz CT molecular complexity index is 1070. The highest BCUT2D eigenvalue weighted by Gasteiger charge is 2.12. The van der Waals surface area contributed by atoms with E-state index in [-0.39, 0.29) is 5.78 Å². The summed E-state index contributed by atoms with van der Waals surface area (Å²) in [6.07, 6.45) is 6.78. The Morgan fingerprint density at radius 3 is 2.85 bits per heavy atom. The Kier molecular flexibility index (Phi) is 4.93. The van der Waals surface area contributed by atoms with Gasteiger partial charge >= 0.3 is 0 Å². The van der Waals surface area contributed by atoms with Gasteiger partial charge in [0, 0.05) is 30.9 Å². The van der Waals surface area contributed by atoms with E-state index in [1.807, 2.05) is 47.1 Å². The zero-order valence-corrected chi connectivity index (χ0v) is 15.7. The van der Waals surface area contributed by atoms with Crippen molar-refractivity contribution in [2.45, 2.75) is 19.8 Å². The summed E-state index contributed by atoms with van der Waals surface area (Å²) in [6, 6.07) is 12.0. The molecule has 3 heterocycles. The second kappa shape index (κ2) is 7.67. The van der Waals surface area contributed by atoms with Crippen molar-refractivity contribution < 1.29 is 4.79 Å². The summed E-state index contributed by atoms with van der Waals surface area (Å²) < 4.78 is 1.85. The molecule has 0 aliphatic carbocycles. The lowest BCUT2D eigenvalue weighted by molar-refractivity contribution is -0.116. The lowest BCUT2D eigenvalue weighted by Crippen LogP contribution is -2.05. The second-order valence-electron chi connectivity index (χ2n) is 6.36. The summed E-state index contributed by atoms with van der Waals surface area (Å²) in [5, 5.41) is 8.86. The van der Waals surface area contributed by atoms with Gasteiger partial charge in [-0.2, -0.15) is 0 Å². The minimum absolute atomic E-state index is 0.153. The van der Waals surface area contributed by atoms with Crippen LogP contribution >= 0.6 is 11.3 Å². The van der Waals surface area contributed by atoms with Crippen LogP contribution in [0.3, 0.4) is 0 Å². The van der Waals surface area contributed by atoms with Gasteiger partial charge in [-0.1, -0.05) is 29.5 Å². The van der Waals surface area contributed by atoms with Gasteiger partial charge < -0.3 is 5.32 Å². The molecular formula is C20H19N5OS. The average Bonchev–Trinajstić information content (AvgIpc) is 3.22. The molecule has 0 unspecified atom stereocenters. The Hall–Kier alpha value is -3.06. The Morgan fingerprint density at radius 2 is 2.04 bits per heavy atom. The number of aromatic nitrogens is 4. The highest BCUT2D eigenvalue weighted by molar-refractivity contribution is 7.20. The number of rotatable bonds is 7. The van der Waals surface area contributed by atoms with E-state index in [0.29, 0.717) is 6.42 Å². The fourth-order valence-corrected chi connectivity index (χ4v) is 3.75. The molecule has 0 saturated carbocycles. The third-order valence-corrected chi connectivity index (χ3v) is 5.08. The third kappa shape index (κ3) is 4.03. The van der Waals surface area contributed by atoms with Crippen LogP contribution in [-0.2, 0) is 17.6 Å². The maximum atomic E-state index is 11.4. The average molecular weight is 377 g/mol. The van der Waals surface area contributed by atoms with Gasteiger partial charge in [0.05, 0.1) is 11.9 Å². The highest BCUT2D eigenvalue weighted by Crippen LogP contribution is 2.26. The molecule has 7 heteroatoms. The Balaban J connectivity index is 1.51. The van der Waals surface area contributed by atoms with Gasteiger partial charge in [-0.25, -0.2) is 9.50 Å². The molecule has 0 spiro atoms. The van der Waals surface area contributed by atoms with E-state index in [2.05, 4.69) is 20.4 Å². The molecule has 4 rings (SSSR count). The number of carbonyl (C=O) groups is 1. The SMILES string of the molecule is CC(=O)Cc1cccc(-c2cnc3sc(NCCc4ccncc4)nn23)c1. The minimum atomic E-state index is 0.153. The van der Waals surface area contributed by atoms with Crippen LogP contribution in [0.1, 0.15) is 18.1 Å². The van der Waals surface area contributed by atoms with Crippen LogP contribution in [0.5, 0.6) is 0 Å². The standard InChI is InChI=1S/C20H19N5OS/c1-14(26)11-16-3-2-4-17(12-16)18-13-23-20-25(18)24-19(27-20)22-10-7-15-5-8-21-9-6-15/h2-6,8-9,12-13H,7,10-11H2,1H3,(H,22,24). The number of fused-ring (bicyclic) bond motifs is 1. The predicted molar refractivity (Wildman–Crippen MR) is 107 cm³/mol. The number of carbonyl (C=O) groups excluding carboxylic acids is 1. The van der Waals surface area contributed by atoms with Crippen LogP contribution in [0.2, 0.25) is 0 Å². The number of hydrogen-bond acceptors (Lipinski definition) is 6. The molecule has 1 N–H and O–H groups in total. The molecule has 0 bridgehead atoms. The van der Waals surface area contributed by atoms with Crippen molar-refractivity contribution in [2.75, 3.05) is 11.9 Å². The first-order chi connectivity index (χ1) is 13.2. The zero-order chi connectivity index (χ0) is 18.6. The van der Waals surface area contributed by atoms with Crippen molar-refractivity contribution >= 4 is 27.2 Å². The minimum Gasteiger partial charge on any atom is -0.360 e. The van der Waals surface area contributed by atoms with Crippen LogP contribution in [-0.4, -0.2) is 31.9 Å². The zero-order valence-electron chi connectivity index (χ0n) is 14.9. The number of anilines is 1. The van der Waals surface area contributed by atoms with Crippen molar-refractivity contribution in [3.05, 3.63) is 66.1 Å². The maximum Gasteiger partial charge on any atom is 0.214 e. The van der Waals surface area contributed by atoms with E-state index >= 15 is 0 Å². The predicted octanol–water partition coefficient (Wildman–Crippen LogP) is 3.64. The molecule has 0 aliphatic heterocycles. The number of nitrogens with zero attached hydrogens (tertiary/aromatic N) is 4. The van der Waals surface area contributed by atoms with E-state index in [0.717, 1.165) is 39.9 Å². The summed E-state index contributed by atoms with van der Waals surface area (Å²) in [5.74, 6) is 0.153. The van der Waals surface area contributed by atoms with Gasteiger partial charge in [0.1, 0.15) is 5.78 Å². The van der Waals surface area contributed by atoms with Crippen molar-refractivity contribution in [3.8, 4) is 11.3 Å². The van der Waals surface area contributed by atoms with E-state index in [4.69, 9.17) is 0 Å². The number of ketones is 1. The largest absolute Gasteiger partial charge is 0.360 e. The first-order valence-corrected chi connectivity index (χ1v) is 9.57. The van der Waals surface area contributed by atoms with E-state index in [1.165, 1.54) is 16.9 Å². The Morgan fingerprint density at radius 1 is 1.19 bits per heavy atom. The molecule has 0 amide bonds. The molecule has 0 radical (unpaired) electrons. The van der Waals surface area contributed by atoms with Crippen molar-refractivity contribution in [1.29, 1.82) is 0 Å². The molecule has 0 aliphatic rings. The van der Waals surface area contributed by atoms with Crippen LogP contribution in [0, 0.1) is 0 Å². The van der Waals surface area contributed by atoms with E-state index in [9.17, 15) is 4.79 Å². The van der Waals surface area contributed by atoms with Gasteiger partial charge in [0.15, 0.2) is 0 Å². The van der Waals surface area contributed by atoms with Gasteiger partial charge in [-0.15, -0.1) is 5.10 Å². The second-order valence-corrected chi connectivity index (χ2v) is 7.31. The third-order valence-electron chi connectivity index (χ3n) is 4.20. The van der Waals surface area contributed by atoms with Crippen LogP contribution < -0.4 is 5.32 Å². The number of nitrogens with one attached hydrogen (secondary N) is 1. The van der Waals surface area contributed by atoms with E-state index in [1.54, 1.807) is 19.3 Å². The number of pyridine rings is 1. The van der Waals surface area contributed by atoms with Gasteiger partial charge in [-0.3, -0.25) is 9.78 Å². The highest BCUT2D eigenvalue weighted by atomic mass is 32.1. The van der Waals surface area contributed by atoms with E-state index < -0.39 is 0 Å². The molecule has 136 valence electrons. The number of hydrogen-bond donors (Lipinski definition) is 1. The molecule has 0 saturated heterocycles. The van der Waals surface area contributed by atoms with Crippen LogP contribution in [0.25, 0.3) is 16.2 Å². The molecule has 0 atom stereocenters. The lowest BCUT2D eigenvalue weighted by Gasteiger charge is -2.03. The van der Waals surface area contributed by atoms with Crippen molar-refractivity contribution in [3.63, 3.8) is 0 Å². The lowest BCUT2D eigenvalue weighted by atomic mass is 10.0. The molecule has 1 aromatic carbocycles. The number of benzene rings is 1. The van der Waals surface area contributed by atoms with Crippen LogP contribution in [0.15, 0.2) is 55.0 Å². The van der Waals surface area contributed by atoms with Gasteiger partial charge in [0.25, 0.3) is 0 Å². The number of Topliss-reactive ketones (excluding diaryl/α,β-unsaturated/α-hetero) is 1. The topological polar surface area (TPSA) is 72.2 Å². The normalized spacial score (nSPS) is 11.0. The molecule has 4 aromatic rings. The first kappa shape index (κ1) is 17.4. The molecule has 6 nitrogen and oxygen atoms in total. The molecule has 3 aromatic heterocycles. The smallest absolute Gasteiger partial charge is 0.214 e. The quantitative estimate of drug-likeness (QED) is 0.532. The molecular weight excluding hydrogens is 358 g/mol. The summed E-state index contributed by atoms with van der Waals surface area (Å²) >= 11 is 1.53. The monoisotopic (exact) mass is 377 g/mol. The number of imidazole rings is 1. The summed E-state index contributed by atoms with van der Waals surface area (Å²) in [5.41, 5.74) is 4.17. The van der Waals surface area contributed by atoms with Crippen LogP contribution in [0.4, 0.5) is 5.13 Å². The van der Waals surface area contributed by atoms with Crippen molar-refractivity contribution in [1.82, 2.24) is 19.6 Å².